The Morgan fingerprint density at radius 1 is 1.09 bits per heavy atom. The van der Waals surface area contributed by atoms with Gasteiger partial charge in [-0.3, -0.25) is 14.4 Å². The normalized spacial score (nSPS) is 25.0. The van der Waals surface area contributed by atoms with Crippen molar-refractivity contribution in [1.82, 2.24) is 5.32 Å². The molecule has 2 aliphatic carbocycles. The molecular formula is C26H37NO7. The van der Waals surface area contributed by atoms with Gasteiger partial charge < -0.3 is 25.0 Å². The van der Waals surface area contributed by atoms with Crippen LogP contribution in [-0.4, -0.2) is 47.5 Å². The number of benzene rings is 1. The van der Waals surface area contributed by atoms with Crippen molar-refractivity contribution in [2.75, 3.05) is 13.3 Å². The molecule has 0 radical (unpaired) electrons. The molecule has 1 aromatic rings. The summed E-state index contributed by atoms with van der Waals surface area (Å²) in [6.45, 7) is 6.66. The second-order valence-corrected chi connectivity index (χ2v) is 10.6. The topological polar surface area (TPSA) is 122 Å². The van der Waals surface area contributed by atoms with E-state index in [-0.39, 0.29) is 25.6 Å². The number of esters is 1. The number of fused-ring (bicyclic) bond motifs is 1. The molecule has 3 N–H and O–H groups in total. The molecule has 0 aromatic heterocycles. The summed E-state index contributed by atoms with van der Waals surface area (Å²) in [6, 6.07) is 7.12. The number of hydrogen-bond acceptors (Lipinski definition) is 6. The molecule has 2 bridgehead atoms. The molecule has 2 fully saturated rings. The van der Waals surface area contributed by atoms with E-state index in [0.717, 1.165) is 24.6 Å². The van der Waals surface area contributed by atoms with Gasteiger partial charge in [0.05, 0.1) is 18.3 Å². The van der Waals surface area contributed by atoms with Crippen molar-refractivity contribution >= 4 is 17.9 Å². The van der Waals surface area contributed by atoms with Crippen LogP contribution in [0.4, 0.5) is 0 Å². The van der Waals surface area contributed by atoms with Crippen molar-refractivity contribution in [3.05, 3.63) is 29.3 Å². The van der Waals surface area contributed by atoms with Crippen molar-refractivity contribution in [3.8, 4) is 5.75 Å². The highest BCUT2D eigenvalue weighted by Gasteiger charge is 2.51. The van der Waals surface area contributed by atoms with Crippen molar-refractivity contribution in [1.29, 1.82) is 0 Å². The first kappa shape index (κ1) is 26.0. The second kappa shape index (κ2) is 10.8. The molecule has 0 spiro atoms. The zero-order valence-corrected chi connectivity index (χ0v) is 20.4. The van der Waals surface area contributed by atoms with Gasteiger partial charge in [0.25, 0.3) is 0 Å². The first-order chi connectivity index (χ1) is 16.0. The predicted octanol–water partition coefficient (Wildman–Crippen LogP) is 3.89. The van der Waals surface area contributed by atoms with Crippen LogP contribution in [0.5, 0.6) is 5.75 Å². The van der Waals surface area contributed by atoms with E-state index in [2.05, 4.69) is 17.4 Å². The molecule has 1 aromatic carbocycles. The molecule has 1 saturated heterocycles. The lowest BCUT2D eigenvalue weighted by Gasteiger charge is -2.56. The summed E-state index contributed by atoms with van der Waals surface area (Å²) >= 11 is 0. The largest absolute Gasteiger partial charge is 0.481 e. The fourth-order valence-corrected chi connectivity index (χ4v) is 5.57. The van der Waals surface area contributed by atoms with Gasteiger partial charge in [-0.1, -0.05) is 18.9 Å². The van der Waals surface area contributed by atoms with Crippen LogP contribution in [0.15, 0.2) is 18.2 Å². The Balaban J connectivity index is 0.000000350. The smallest absolute Gasteiger partial charge is 0.314 e. The number of ether oxygens (including phenoxy) is 2. The molecule has 3 atom stereocenters. The molecule has 1 saturated carbocycles. The number of aliphatic carboxylic acids is 2. The minimum atomic E-state index is -1.08. The van der Waals surface area contributed by atoms with Crippen LogP contribution in [0.1, 0.15) is 76.8 Å². The van der Waals surface area contributed by atoms with Crippen molar-refractivity contribution in [2.24, 2.45) is 11.3 Å². The van der Waals surface area contributed by atoms with Gasteiger partial charge in [-0.15, -0.1) is 0 Å². The van der Waals surface area contributed by atoms with Crippen LogP contribution < -0.4 is 10.1 Å². The Bertz CT molecular complexity index is 889. The summed E-state index contributed by atoms with van der Waals surface area (Å²) in [4.78, 5) is 31.2. The minimum Gasteiger partial charge on any atom is -0.481 e. The van der Waals surface area contributed by atoms with Gasteiger partial charge >= 0.3 is 17.9 Å². The third kappa shape index (κ3) is 6.09. The third-order valence-electron chi connectivity index (χ3n) is 7.20. The fourth-order valence-electron chi connectivity index (χ4n) is 5.57. The quantitative estimate of drug-likeness (QED) is 0.418. The molecule has 0 unspecified atom stereocenters. The van der Waals surface area contributed by atoms with Crippen LogP contribution in [0, 0.1) is 11.3 Å². The van der Waals surface area contributed by atoms with Crippen molar-refractivity contribution in [3.63, 3.8) is 0 Å². The first-order valence-corrected chi connectivity index (χ1v) is 12.1. The number of hydrogen-bond donors (Lipinski definition) is 3. The van der Waals surface area contributed by atoms with Gasteiger partial charge in [-0.25, -0.2) is 0 Å². The molecular weight excluding hydrogens is 438 g/mol. The molecule has 8 heteroatoms. The van der Waals surface area contributed by atoms with Crippen molar-refractivity contribution < 1.29 is 34.1 Å². The summed E-state index contributed by atoms with van der Waals surface area (Å²) in [5, 5.41) is 19.6. The number of carbonyl (C=O) groups excluding carboxylic acids is 1. The Hall–Kier alpha value is -2.61. The SMILES string of the molecule is CC(C)(C)C(=O)OCOc1ccc2c(c1)[C@@]13CCCC[C@H]1[C@@H](C2)NCC3.O=C(O)CCC(=O)O. The summed E-state index contributed by atoms with van der Waals surface area (Å²) in [5.74, 6) is -0.810. The van der Waals surface area contributed by atoms with Gasteiger partial charge in [0.2, 0.25) is 6.79 Å². The van der Waals surface area contributed by atoms with Gasteiger partial charge in [0.15, 0.2) is 0 Å². The van der Waals surface area contributed by atoms with E-state index in [1.54, 1.807) is 0 Å². The highest BCUT2D eigenvalue weighted by Crippen LogP contribution is 2.54. The van der Waals surface area contributed by atoms with E-state index < -0.39 is 17.4 Å². The molecule has 8 nitrogen and oxygen atoms in total. The lowest BCUT2D eigenvalue weighted by molar-refractivity contribution is -0.159. The summed E-state index contributed by atoms with van der Waals surface area (Å²) in [5.41, 5.74) is 2.79. The van der Waals surface area contributed by atoms with Gasteiger partial charge in [-0.2, -0.15) is 0 Å². The summed E-state index contributed by atoms with van der Waals surface area (Å²) < 4.78 is 11.1. The Morgan fingerprint density at radius 3 is 2.44 bits per heavy atom. The number of carbonyl (C=O) groups is 3. The molecule has 0 amide bonds. The lowest BCUT2D eigenvalue weighted by atomic mass is 9.53. The van der Waals surface area contributed by atoms with Gasteiger partial charge in [0.1, 0.15) is 5.75 Å². The van der Waals surface area contributed by atoms with Crippen LogP contribution >= 0.6 is 0 Å². The number of piperidine rings is 1. The Kier molecular flexibility index (Phi) is 8.23. The van der Waals surface area contributed by atoms with E-state index in [1.165, 1.54) is 43.2 Å². The monoisotopic (exact) mass is 475 g/mol. The molecule has 188 valence electrons. The molecule has 1 heterocycles. The zero-order chi connectivity index (χ0) is 24.9. The Labute approximate surface area is 201 Å². The number of carboxylic acid groups (broad SMARTS) is 2. The third-order valence-corrected chi connectivity index (χ3v) is 7.20. The van der Waals surface area contributed by atoms with Crippen molar-refractivity contribution in [2.45, 2.75) is 83.6 Å². The average molecular weight is 476 g/mol. The maximum atomic E-state index is 11.9. The highest BCUT2D eigenvalue weighted by atomic mass is 16.7. The standard InChI is InChI=1S/C22H31NO3.C4H6O4/c1-21(2,3)20(24)26-14-25-16-8-7-15-12-19-17-6-4-5-9-22(17,10-11-23-19)18(15)13-16;5-3(6)1-2-4(7)8/h7-8,13,17,19,23H,4-6,9-12,14H2,1-3H3;1-2H2,(H,5,6)(H,7,8)/t17-,19+,22+;/m0./s1. The van der Waals surface area contributed by atoms with Crippen LogP contribution in [0.25, 0.3) is 0 Å². The maximum Gasteiger partial charge on any atom is 0.314 e. The van der Waals surface area contributed by atoms with Gasteiger partial charge in [-0.05, 0) is 82.2 Å². The van der Waals surface area contributed by atoms with Crippen LogP contribution in [0.2, 0.25) is 0 Å². The zero-order valence-electron chi connectivity index (χ0n) is 20.4. The lowest BCUT2D eigenvalue weighted by Crippen LogP contribution is -2.59. The van der Waals surface area contributed by atoms with E-state index in [1.807, 2.05) is 26.8 Å². The van der Waals surface area contributed by atoms with Crippen LogP contribution in [-0.2, 0) is 31.0 Å². The van der Waals surface area contributed by atoms with E-state index >= 15 is 0 Å². The van der Waals surface area contributed by atoms with E-state index in [9.17, 15) is 14.4 Å². The molecule has 34 heavy (non-hydrogen) atoms. The number of rotatable bonds is 6. The molecule has 1 aliphatic heterocycles. The summed E-state index contributed by atoms with van der Waals surface area (Å²) in [6.07, 6.45) is 7.09. The molecule has 3 aliphatic rings. The fraction of sp³-hybridized carbons (Fsp3) is 0.654. The highest BCUT2D eigenvalue weighted by molar-refractivity contribution is 5.75. The van der Waals surface area contributed by atoms with E-state index in [4.69, 9.17) is 19.7 Å². The number of carboxylic acids is 2. The second-order valence-electron chi connectivity index (χ2n) is 10.6. The first-order valence-electron chi connectivity index (χ1n) is 12.1. The predicted molar refractivity (Wildman–Crippen MR) is 126 cm³/mol. The number of nitrogens with one attached hydrogen (secondary N) is 1. The summed E-state index contributed by atoms with van der Waals surface area (Å²) in [7, 11) is 0. The van der Waals surface area contributed by atoms with Gasteiger partial charge in [0, 0.05) is 11.5 Å². The van der Waals surface area contributed by atoms with E-state index in [0.29, 0.717) is 11.5 Å². The molecule has 4 rings (SSSR count). The average Bonchev–Trinajstić information content (AvgIpc) is 2.78. The van der Waals surface area contributed by atoms with Crippen LogP contribution in [0.3, 0.4) is 0 Å². The maximum absolute atomic E-state index is 11.9. The minimum absolute atomic E-state index is 0.0184. The Morgan fingerprint density at radius 2 is 1.79 bits per heavy atom.